The highest BCUT2D eigenvalue weighted by Crippen LogP contribution is 2.28. The molecule has 0 radical (unpaired) electrons. The van der Waals surface area contributed by atoms with E-state index in [1.54, 1.807) is 19.1 Å². The number of hydrogen-bond donors (Lipinski definition) is 3. The summed E-state index contributed by atoms with van der Waals surface area (Å²) in [6, 6.07) is 3.32. The Morgan fingerprint density at radius 2 is 2.12 bits per heavy atom. The second-order valence-corrected chi connectivity index (χ2v) is 4.41. The quantitative estimate of drug-likeness (QED) is 0.747. The molecule has 0 fully saturated rings. The predicted octanol–water partition coefficient (Wildman–Crippen LogP) is 2.38. The first-order chi connectivity index (χ1) is 7.35. The standard InChI is InChI=1S/C10H13BrF2N2O/c1-6-2-9(7(11)3-8(6)14)15-4-10(12,13)5-16/h2-3,15-16H,4-5,14H2,1H3. The average Bonchev–Trinajstić information content (AvgIpc) is 2.22. The van der Waals surface area contributed by atoms with Crippen LogP contribution in [0.15, 0.2) is 16.6 Å². The second-order valence-electron chi connectivity index (χ2n) is 3.56. The highest BCUT2D eigenvalue weighted by Gasteiger charge is 2.27. The normalized spacial score (nSPS) is 11.6. The van der Waals surface area contributed by atoms with Crippen molar-refractivity contribution in [3.8, 4) is 0 Å². The van der Waals surface area contributed by atoms with Crippen LogP contribution >= 0.6 is 15.9 Å². The molecular weight excluding hydrogens is 282 g/mol. The third-order valence-electron chi connectivity index (χ3n) is 2.12. The molecule has 0 atom stereocenters. The van der Waals surface area contributed by atoms with Gasteiger partial charge in [-0.2, -0.15) is 0 Å². The fourth-order valence-corrected chi connectivity index (χ4v) is 1.61. The van der Waals surface area contributed by atoms with Gasteiger partial charge < -0.3 is 16.2 Å². The van der Waals surface area contributed by atoms with Crippen LogP contribution in [0.1, 0.15) is 5.56 Å². The molecule has 0 saturated heterocycles. The zero-order valence-electron chi connectivity index (χ0n) is 8.73. The summed E-state index contributed by atoms with van der Waals surface area (Å²) < 4.78 is 26.2. The molecule has 0 bridgehead atoms. The van der Waals surface area contributed by atoms with E-state index in [2.05, 4.69) is 21.2 Å². The van der Waals surface area contributed by atoms with Crippen molar-refractivity contribution in [2.45, 2.75) is 12.8 Å². The van der Waals surface area contributed by atoms with Crippen molar-refractivity contribution in [1.82, 2.24) is 0 Å². The average molecular weight is 295 g/mol. The van der Waals surface area contributed by atoms with Gasteiger partial charge in [0.05, 0.1) is 6.54 Å². The Hall–Kier alpha value is -0.880. The van der Waals surface area contributed by atoms with Crippen LogP contribution in [-0.2, 0) is 0 Å². The highest BCUT2D eigenvalue weighted by molar-refractivity contribution is 9.10. The topological polar surface area (TPSA) is 58.3 Å². The van der Waals surface area contributed by atoms with Crippen molar-refractivity contribution in [2.75, 3.05) is 24.2 Å². The smallest absolute Gasteiger partial charge is 0.287 e. The lowest BCUT2D eigenvalue weighted by Gasteiger charge is -2.16. The molecule has 3 nitrogen and oxygen atoms in total. The maximum atomic E-state index is 12.8. The molecule has 1 aromatic rings. The van der Waals surface area contributed by atoms with E-state index in [0.29, 0.717) is 15.8 Å². The monoisotopic (exact) mass is 294 g/mol. The largest absolute Gasteiger partial charge is 0.398 e. The number of aliphatic hydroxyl groups excluding tert-OH is 1. The van der Waals surface area contributed by atoms with Crippen molar-refractivity contribution in [2.24, 2.45) is 0 Å². The van der Waals surface area contributed by atoms with Crippen molar-refractivity contribution < 1.29 is 13.9 Å². The van der Waals surface area contributed by atoms with E-state index >= 15 is 0 Å². The lowest BCUT2D eigenvalue weighted by atomic mass is 10.2. The fourth-order valence-electron chi connectivity index (χ4n) is 1.11. The molecule has 0 aromatic heterocycles. The molecule has 0 aliphatic carbocycles. The van der Waals surface area contributed by atoms with Crippen LogP contribution in [0.5, 0.6) is 0 Å². The van der Waals surface area contributed by atoms with Gasteiger partial charge >= 0.3 is 0 Å². The van der Waals surface area contributed by atoms with Gasteiger partial charge in [0, 0.05) is 15.8 Å². The van der Waals surface area contributed by atoms with Crippen LogP contribution in [-0.4, -0.2) is 24.2 Å². The van der Waals surface area contributed by atoms with Crippen LogP contribution in [0, 0.1) is 6.92 Å². The van der Waals surface area contributed by atoms with Gasteiger partial charge in [-0.3, -0.25) is 0 Å². The molecule has 0 amide bonds. The van der Waals surface area contributed by atoms with Gasteiger partial charge in [-0.25, -0.2) is 8.78 Å². The van der Waals surface area contributed by atoms with Gasteiger partial charge in [0.2, 0.25) is 0 Å². The number of nitrogen functional groups attached to an aromatic ring is 1. The van der Waals surface area contributed by atoms with Crippen molar-refractivity contribution in [3.05, 3.63) is 22.2 Å². The summed E-state index contributed by atoms with van der Waals surface area (Å²) in [5, 5.41) is 11.0. The third kappa shape index (κ3) is 3.31. The Kier molecular flexibility index (Phi) is 4.09. The Morgan fingerprint density at radius 1 is 1.50 bits per heavy atom. The van der Waals surface area contributed by atoms with Crippen LogP contribution in [0.2, 0.25) is 0 Å². The lowest BCUT2D eigenvalue weighted by molar-refractivity contribution is -0.0372. The van der Waals surface area contributed by atoms with E-state index in [0.717, 1.165) is 5.56 Å². The minimum Gasteiger partial charge on any atom is -0.398 e. The van der Waals surface area contributed by atoms with E-state index in [1.165, 1.54) is 0 Å². The summed E-state index contributed by atoms with van der Waals surface area (Å²) >= 11 is 3.22. The molecule has 0 aliphatic heterocycles. The van der Waals surface area contributed by atoms with Crippen LogP contribution in [0.25, 0.3) is 0 Å². The summed E-state index contributed by atoms with van der Waals surface area (Å²) in [7, 11) is 0. The van der Waals surface area contributed by atoms with Crippen LogP contribution in [0.4, 0.5) is 20.2 Å². The van der Waals surface area contributed by atoms with Gasteiger partial charge in [-0.1, -0.05) is 0 Å². The molecule has 16 heavy (non-hydrogen) atoms. The molecule has 0 spiro atoms. The molecule has 0 unspecified atom stereocenters. The summed E-state index contributed by atoms with van der Waals surface area (Å²) in [5.74, 6) is -3.13. The van der Waals surface area contributed by atoms with Crippen molar-refractivity contribution >= 4 is 27.3 Å². The highest BCUT2D eigenvalue weighted by atomic mass is 79.9. The third-order valence-corrected chi connectivity index (χ3v) is 2.78. The minimum absolute atomic E-state index is 0.528. The zero-order chi connectivity index (χ0) is 12.3. The Balaban J connectivity index is 2.79. The Labute approximate surface area is 101 Å². The van der Waals surface area contributed by atoms with Crippen molar-refractivity contribution in [1.29, 1.82) is 0 Å². The van der Waals surface area contributed by atoms with Crippen molar-refractivity contribution in [3.63, 3.8) is 0 Å². The van der Waals surface area contributed by atoms with E-state index in [1.807, 2.05) is 0 Å². The number of hydrogen-bond acceptors (Lipinski definition) is 3. The number of halogens is 3. The molecule has 1 aromatic carbocycles. The van der Waals surface area contributed by atoms with Gasteiger partial charge in [0.15, 0.2) is 0 Å². The number of rotatable bonds is 4. The summed E-state index contributed by atoms with van der Waals surface area (Å²) in [4.78, 5) is 0. The number of aliphatic hydroxyl groups is 1. The molecule has 1 rings (SSSR count). The molecule has 6 heteroatoms. The SMILES string of the molecule is Cc1cc(NCC(F)(F)CO)c(Br)cc1N. The second kappa shape index (κ2) is 4.97. The molecule has 90 valence electrons. The summed E-state index contributed by atoms with van der Waals surface area (Å²) in [6.45, 7) is -0.00578. The Morgan fingerprint density at radius 3 is 2.69 bits per heavy atom. The zero-order valence-corrected chi connectivity index (χ0v) is 10.3. The molecule has 0 saturated carbocycles. The number of alkyl halides is 2. The fraction of sp³-hybridized carbons (Fsp3) is 0.400. The number of benzene rings is 1. The Bertz CT molecular complexity index is 385. The molecule has 4 N–H and O–H groups in total. The predicted molar refractivity (Wildman–Crippen MR) is 63.8 cm³/mol. The molecule has 0 heterocycles. The summed E-state index contributed by atoms with van der Waals surface area (Å²) in [6.07, 6.45) is 0. The van der Waals surface area contributed by atoms with E-state index in [4.69, 9.17) is 10.8 Å². The van der Waals surface area contributed by atoms with E-state index in [9.17, 15) is 8.78 Å². The van der Waals surface area contributed by atoms with E-state index in [-0.39, 0.29) is 0 Å². The van der Waals surface area contributed by atoms with Crippen LogP contribution in [0.3, 0.4) is 0 Å². The lowest BCUT2D eigenvalue weighted by Crippen LogP contribution is -2.31. The van der Waals surface area contributed by atoms with Gasteiger partial charge in [-0.05, 0) is 40.5 Å². The number of aryl methyl sites for hydroxylation is 1. The van der Waals surface area contributed by atoms with Gasteiger partial charge in [0.25, 0.3) is 5.92 Å². The summed E-state index contributed by atoms with van der Waals surface area (Å²) in [5.41, 5.74) is 7.57. The maximum absolute atomic E-state index is 12.8. The molecular formula is C10H13BrF2N2O. The van der Waals surface area contributed by atoms with Gasteiger partial charge in [0.1, 0.15) is 6.61 Å². The first kappa shape index (κ1) is 13.2. The molecule has 0 aliphatic rings. The first-order valence-corrected chi connectivity index (χ1v) is 5.43. The first-order valence-electron chi connectivity index (χ1n) is 4.64. The van der Waals surface area contributed by atoms with Gasteiger partial charge in [-0.15, -0.1) is 0 Å². The maximum Gasteiger partial charge on any atom is 0.287 e. The van der Waals surface area contributed by atoms with Crippen LogP contribution < -0.4 is 11.1 Å². The number of anilines is 2. The number of nitrogens with one attached hydrogen (secondary N) is 1. The number of nitrogens with two attached hydrogens (primary N) is 1. The minimum atomic E-state index is -3.13. The van der Waals surface area contributed by atoms with E-state index < -0.39 is 19.1 Å².